The molecule has 2 unspecified atom stereocenters. The van der Waals surface area contributed by atoms with E-state index in [0.29, 0.717) is 31.5 Å². The maximum Gasteiger partial charge on any atom is 0.254 e. The molecule has 3 amide bonds. The highest BCUT2D eigenvalue weighted by molar-refractivity contribution is 5.98. The van der Waals surface area contributed by atoms with Gasteiger partial charge in [-0.25, -0.2) is 4.39 Å². The molecule has 0 spiro atoms. The zero-order valence-corrected chi connectivity index (χ0v) is 13.3. The second-order valence-corrected chi connectivity index (χ2v) is 6.26. The second-order valence-electron chi connectivity index (χ2n) is 6.26. The highest BCUT2D eigenvalue weighted by Crippen LogP contribution is 2.26. The maximum absolute atomic E-state index is 13.0. The summed E-state index contributed by atoms with van der Waals surface area (Å²) in [6.45, 7) is 0.962. The molecule has 2 N–H and O–H groups in total. The Kier molecular flexibility index (Phi) is 4.51. The average Bonchev–Trinajstić information content (AvgIpc) is 3.23. The number of carbonyl (C=O) groups excluding carboxylic acids is 3. The largest absolute Gasteiger partial charge is 0.368 e. The van der Waals surface area contributed by atoms with Crippen molar-refractivity contribution in [3.63, 3.8) is 0 Å². The lowest BCUT2D eigenvalue weighted by atomic mass is 10.1. The van der Waals surface area contributed by atoms with Crippen LogP contribution < -0.4 is 5.73 Å². The molecular weight excluding hydrogens is 313 g/mol. The summed E-state index contributed by atoms with van der Waals surface area (Å²) in [5, 5.41) is 0. The maximum atomic E-state index is 13.0. The SMILES string of the molecule is NC(=O)C1CCCN1C(=O)C1CCCN1C(=O)c1ccc(F)cc1. The standard InChI is InChI=1S/C17H20FN3O3/c18-12-7-5-11(6-8-12)16(23)21-10-2-4-14(21)17(24)20-9-1-3-13(20)15(19)22/h5-8,13-14H,1-4,9-10H2,(H2,19,22). The molecule has 0 aromatic heterocycles. The van der Waals surface area contributed by atoms with Crippen molar-refractivity contribution in [3.05, 3.63) is 35.6 Å². The van der Waals surface area contributed by atoms with Crippen LogP contribution in [0.2, 0.25) is 0 Å². The van der Waals surface area contributed by atoms with Gasteiger partial charge in [0.15, 0.2) is 0 Å². The third kappa shape index (κ3) is 2.98. The number of halogens is 1. The normalized spacial score (nSPS) is 23.5. The van der Waals surface area contributed by atoms with Crippen LogP contribution >= 0.6 is 0 Å². The third-order valence-corrected chi connectivity index (χ3v) is 4.75. The fraction of sp³-hybridized carbons (Fsp3) is 0.471. The molecule has 2 aliphatic heterocycles. The summed E-state index contributed by atoms with van der Waals surface area (Å²) in [6.07, 6.45) is 2.59. The highest BCUT2D eigenvalue weighted by Gasteiger charge is 2.41. The van der Waals surface area contributed by atoms with Crippen molar-refractivity contribution < 1.29 is 18.8 Å². The molecule has 0 radical (unpaired) electrons. The Morgan fingerprint density at radius 3 is 2.17 bits per heavy atom. The van der Waals surface area contributed by atoms with Crippen LogP contribution in [0.15, 0.2) is 24.3 Å². The van der Waals surface area contributed by atoms with Gasteiger partial charge in [-0.05, 0) is 49.9 Å². The van der Waals surface area contributed by atoms with Gasteiger partial charge in [0, 0.05) is 18.7 Å². The number of hydrogen-bond acceptors (Lipinski definition) is 3. The first-order valence-electron chi connectivity index (χ1n) is 8.15. The highest BCUT2D eigenvalue weighted by atomic mass is 19.1. The van der Waals surface area contributed by atoms with Gasteiger partial charge < -0.3 is 15.5 Å². The molecule has 2 aliphatic rings. The summed E-state index contributed by atoms with van der Waals surface area (Å²) in [4.78, 5) is 40.0. The molecule has 3 rings (SSSR count). The number of amides is 3. The van der Waals surface area contributed by atoms with Gasteiger partial charge in [-0.3, -0.25) is 14.4 Å². The first-order chi connectivity index (χ1) is 11.5. The minimum absolute atomic E-state index is 0.218. The number of rotatable bonds is 3. The lowest BCUT2D eigenvalue weighted by molar-refractivity contribution is -0.140. The molecular formula is C17H20FN3O3. The smallest absolute Gasteiger partial charge is 0.254 e. The first-order valence-corrected chi connectivity index (χ1v) is 8.15. The van der Waals surface area contributed by atoms with E-state index in [1.54, 1.807) is 0 Å². The average molecular weight is 333 g/mol. The lowest BCUT2D eigenvalue weighted by Gasteiger charge is -2.30. The molecule has 2 saturated heterocycles. The molecule has 2 atom stereocenters. The summed E-state index contributed by atoms with van der Waals surface area (Å²) < 4.78 is 13.0. The molecule has 6 nitrogen and oxygen atoms in total. The van der Waals surface area contributed by atoms with Crippen LogP contribution in [0.25, 0.3) is 0 Å². The van der Waals surface area contributed by atoms with Crippen LogP contribution in [0.3, 0.4) is 0 Å². The van der Waals surface area contributed by atoms with Crippen LogP contribution in [0.4, 0.5) is 4.39 Å². The van der Waals surface area contributed by atoms with Gasteiger partial charge in [0.05, 0.1) is 0 Å². The number of likely N-dealkylation sites (tertiary alicyclic amines) is 2. The van der Waals surface area contributed by atoms with Gasteiger partial charge in [-0.15, -0.1) is 0 Å². The lowest BCUT2D eigenvalue weighted by Crippen LogP contribution is -2.52. The van der Waals surface area contributed by atoms with Crippen molar-refractivity contribution in [2.45, 2.75) is 37.8 Å². The second kappa shape index (κ2) is 6.59. The predicted octanol–water partition coefficient (Wildman–Crippen LogP) is 0.907. The van der Waals surface area contributed by atoms with Crippen molar-refractivity contribution in [2.75, 3.05) is 13.1 Å². The van der Waals surface area contributed by atoms with Crippen molar-refractivity contribution in [3.8, 4) is 0 Å². The summed E-state index contributed by atoms with van der Waals surface area (Å²) in [5.74, 6) is -1.43. The fourth-order valence-corrected chi connectivity index (χ4v) is 3.54. The van der Waals surface area contributed by atoms with E-state index < -0.39 is 23.8 Å². The number of carbonyl (C=O) groups is 3. The van der Waals surface area contributed by atoms with Gasteiger partial charge in [0.1, 0.15) is 17.9 Å². The van der Waals surface area contributed by atoms with Crippen molar-refractivity contribution >= 4 is 17.7 Å². The Balaban J connectivity index is 1.77. The van der Waals surface area contributed by atoms with E-state index in [0.717, 1.165) is 12.8 Å². The van der Waals surface area contributed by atoms with Crippen LogP contribution in [-0.2, 0) is 9.59 Å². The topological polar surface area (TPSA) is 83.7 Å². The number of benzene rings is 1. The summed E-state index contributed by atoms with van der Waals surface area (Å²) in [5.41, 5.74) is 5.73. The molecule has 2 fully saturated rings. The van der Waals surface area contributed by atoms with Crippen molar-refractivity contribution in [1.29, 1.82) is 0 Å². The molecule has 1 aromatic carbocycles. The molecule has 128 valence electrons. The van der Waals surface area contributed by atoms with E-state index in [1.165, 1.54) is 34.1 Å². The molecule has 0 aliphatic carbocycles. The van der Waals surface area contributed by atoms with Gasteiger partial charge >= 0.3 is 0 Å². The molecule has 2 heterocycles. The zero-order chi connectivity index (χ0) is 17.3. The van der Waals surface area contributed by atoms with E-state index in [2.05, 4.69) is 0 Å². The number of hydrogen-bond donors (Lipinski definition) is 1. The van der Waals surface area contributed by atoms with Crippen LogP contribution in [0, 0.1) is 5.82 Å². The molecule has 0 bridgehead atoms. The van der Waals surface area contributed by atoms with E-state index in [9.17, 15) is 18.8 Å². The van der Waals surface area contributed by atoms with Crippen LogP contribution in [0.1, 0.15) is 36.0 Å². The number of nitrogens with zero attached hydrogens (tertiary/aromatic N) is 2. The predicted molar refractivity (Wildman–Crippen MR) is 84.4 cm³/mol. The van der Waals surface area contributed by atoms with E-state index in [1.807, 2.05) is 0 Å². The molecule has 24 heavy (non-hydrogen) atoms. The Hall–Kier alpha value is -2.44. The van der Waals surface area contributed by atoms with E-state index in [-0.39, 0.29) is 11.8 Å². The Labute approximate surface area is 139 Å². The first kappa shape index (κ1) is 16.4. The van der Waals surface area contributed by atoms with E-state index >= 15 is 0 Å². The van der Waals surface area contributed by atoms with Gasteiger partial charge in [-0.2, -0.15) is 0 Å². The summed E-state index contributed by atoms with van der Waals surface area (Å²) in [7, 11) is 0. The van der Waals surface area contributed by atoms with Crippen LogP contribution in [-0.4, -0.2) is 52.7 Å². The number of primary amides is 1. The minimum Gasteiger partial charge on any atom is -0.368 e. The fourth-order valence-electron chi connectivity index (χ4n) is 3.54. The van der Waals surface area contributed by atoms with E-state index in [4.69, 9.17) is 5.73 Å². The Morgan fingerprint density at radius 2 is 1.54 bits per heavy atom. The van der Waals surface area contributed by atoms with Gasteiger partial charge in [0.25, 0.3) is 5.91 Å². The molecule has 1 aromatic rings. The third-order valence-electron chi connectivity index (χ3n) is 4.75. The quantitative estimate of drug-likeness (QED) is 0.892. The Morgan fingerprint density at radius 1 is 0.958 bits per heavy atom. The van der Waals surface area contributed by atoms with Crippen molar-refractivity contribution in [1.82, 2.24) is 9.80 Å². The monoisotopic (exact) mass is 333 g/mol. The number of nitrogens with two attached hydrogens (primary N) is 1. The Bertz CT molecular complexity index is 662. The van der Waals surface area contributed by atoms with Crippen molar-refractivity contribution in [2.24, 2.45) is 5.73 Å². The van der Waals surface area contributed by atoms with Gasteiger partial charge in [-0.1, -0.05) is 0 Å². The molecule has 7 heteroatoms. The summed E-state index contributed by atoms with van der Waals surface area (Å²) in [6, 6.07) is 4.12. The molecule has 0 saturated carbocycles. The summed E-state index contributed by atoms with van der Waals surface area (Å²) >= 11 is 0. The van der Waals surface area contributed by atoms with Gasteiger partial charge in [0.2, 0.25) is 11.8 Å². The zero-order valence-electron chi connectivity index (χ0n) is 13.3. The van der Waals surface area contributed by atoms with Crippen LogP contribution in [0.5, 0.6) is 0 Å². The minimum atomic E-state index is -0.583.